The molecule has 6 heteroatoms. The molecule has 0 atom stereocenters. The number of nitrogens with one attached hydrogen (secondary N) is 2. The molecule has 3 aromatic carbocycles. The highest BCUT2D eigenvalue weighted by Crippen LogP contribution is 2.19. The Hall–Kier alpha value is -3.77. The van der Waals surface area contributed by atoms with Crippen molar-refractivity contribution in [2.45, 2.75) is 26.3 Å². The normalized spacial score (nSPS) is 11.1. The first-order valence-electron chi connectivity index (χ1n) is 10.8. The number of carbonyl (C=O) groups is 1. The number of esters is 1. The van der Waals surface area contributed by atoms with Gasteiger partial charge in [-0.3, -0.25) is 15.1 Å². The Morgan fingerprint density at radius 3 is 2.27 bits per heavy atom. The zero-order valence-corrected chi connectivity index (χ0v) is 19.3. The Balaban J connectivity index is 1.54. The maximum Gasteiger partial charge on any atom is 0.305 e. The van der Waals surface area contributed by atoms with Crippen molar-refractivity contribution in [2.75, 3.05) is 19.5 Å². The van der Waals surface area contributed by atoms with Gasteiger partial charge in [0.15, 0.2) is 0 Å². The molecule has 0 saturated heterocycles. The van der Waals surface area contributed by atoms with Crippen molar-refractivity contribution >= 4 is 17.4 Å². The third-order valence-electron chi connectivity index (χ3n) is 5.18. The second-order valence-corrected chi connectivity index (χ2v) is 7.54. The van der Waals surface area contributed by atoms with Crippen LogP contribution in [0.25, 0.3) is 5.70 Å². The number of hydrogen-bond acceptors (Lipinski definition) is 6. The molecule has 0 radical (unpaired) electrons. The molecule has 172 valence electrons. The van der Waals surface area contributed by atoms with Crippen LogP contribution in [-0.4, -0.2) is 20.2 Å². The molecule has 0 bridgehead atoms. The Kier molecular flexibility index (Phi) is 8.91. The van der Waals surface area contributed by atoms with E-state index < -0.39 is 0 Å². The van der Waals surface area contributed by atoms with E-state index in [0.29, 0.717) is 19.4 Å². The lowest BCUT2D eigenvalue weighted by Crippen LogP contribution is -2.12. The van der Waals surface area contributed by atoms with Gasteiger partial charge in [0.25, 0.3) is 0 Å². The van der Waals surface area contributed by atoms with Crippen LogP contribution in [0.2, 0.25) is 0 Å². The molecule has 0 amide bonds. The Bertz CT molecular complexity index is 1060. The number of hydrogen-bond donors (Lipinski definition) is 2. The molecule has 0 saturated carbocycles. The summed E-state index contributed by atoms with van der Waals surface area (Å²) < 4.78 is 10.5. The smallest absolute Gasteiger partial charge is 0.305 e. The lowest BCUT2D eigenvalue weighted by Gasteiger charge is -2.12. The fourth-order valence-corrected chi connectivity index (χ4v) is 3.28. The second kappa shape index (κ2) is 12.3. The monoisotopic (exact) mass is 446 g/mol. The van der Waals surface area contributed by atoms with Crippen LogP contribution < -0.4 is 15.5 Å². The number of benzene rings is 3. The minimum absolute atomic E-state index is 0.193. The molecule has 0 aliphatic rings. The van der Waals surface area contributed by atoms with Gasteiger partial charge in [-0.15, -0.1) is 0 Å². The van der Waals surface area contributed by atoms with Crippen molar-refractivity contribution in [1.29, 1.82) is 0 Å². The zero-order valence-electron chi connectivity index (χ0n) is 19.3. The molecule has 0 aliphatic carbocycles. The standard InChI is InChI=1S/C27H30N2O4/c1-20-6-4-5-7-25(20)26(29-32-3)19-33-24-15-10-22(11-16-24)18-28-23-13-8-21(9-14-23)12-17-27(30)31-2/h4-11,13-16,19,28-29H,12,17-18H2,1-3H3. The number of carbonyl (C=O) groups excluding carboxylic acids is 1. The van der Waals surface area contributed by atoms with Crippen LogP contribution in [0, 0.1) is 6.92 Å². The number of hydroxylamine groups is 1. The number of rotatable bonds is 11. The first-order valence-corrected chi connectivity index (χ1v) is 10.8. The predicted octanol–water partition coefficient (Wildman–Crippen LogP) is 5.24. The summed E-state index contributed by atoms with van der Waals surface area (Å²) in [7, 11) is 2.98. The Morgan fingerprint density at radius 2 is 1.61 bits per heavy atom. The molecule has 33 heavy (non-hydrogen) atoms. The minimum atomic E-state index is -0.193. The fraction of sp³-hybridized carbons (Fsp3) is 0.222. The van der Waals surface area contributed by atoms with Gasteiger partial charge < -0.3 is 14.8 Å². The summed E-state index contributed by atoms with van der Waals surface area (Å²) in [5, 5.41) is 3.41. The summed E-state index contributed by atoms with van der Waals surface area (Å²) in [6, 6.07) is 24.0. The van der Waals surface area contributed by atoms with E-state index in [1.807, 2.05) is 79.7 Å². The lowest BCUT2D eigenvalue weighted by atomic mass is 10.1. The Labute approximate surface area is 195 Å². The third-order valence-corrected chi connectivity index (χ3v) is 5.18. The van der Waals surface area contributed by atoms with Gasteiger partial charge in [0.05, 0.1) is 14.2 Å². The van der Waals surface area contributed by atoms with E-state index >= 15 is 0 Å². The van der Waals surface area contributed by atoms with Gasteiger partial charge >= 0.3 is 5.97 Å². The van der Waals surface area contributed by atoms with Gasteiger partial charge in [0.1, 0.15) is 17.7 Å². The highest BCUT2D eigenvalue weighted by atomic mass is 16.6. The van der Waals surface area contributed by atoms with Gasteiger partial charge in [-0.05, 0) is 54.3 Å². The largest absolute Gasteiger partial charge is 0.469 e. The van der Waals surface area contributed by atoms with Crippen LogP contribution in [0.3, 0.4) is 0 Å². The van der Waals surface area contributed by atoms with E-state index in [1.165, 1.54) is 7.11 Å². The zero-order chi connectivity index (χ0) is 23.5. The van der Waals surface area contributed by atoms with Crippen LogP contribution in [0.1, 0.15) is 28.7 Å². The number of methoxy groups -OCH3 is 1. The van der Waals surface area contributed by atoms with Crippen molar-refractivity contribution in [3.63, 3.8) is 0 Å². The van der Waals surface area contributed by atoms with Gasteiger partial charge in [-0.25, -0.2) is 0 Å². The van der Waals surface area contributed by atoms with E-state index in [0.717, 1.165) is 39.4 Å². The summed E-state index contributed by atoms with van der Waals surface area (Å²) in [5.74, 6) is 0.541. The predicted molar refractivity (Wildman–Crippen MR) is 130 cm³/mol. The van der Waals surface area contributed by atoms with E-state index in [1.54, 1.807) is 13.4 Å². The molecule has 3 rings (SSSR count). The van der Waals surface area contributed by atoms with Crippen molar-refractivity contribution in [3.05, 3.63) is 101 Å². The van der Waals surface area contributed by atoms with E-state index in [-0.39, 0.29) is 5.97 Å². The molecule has 0 unspecified atom stereocenters. The maximum atomic E-state index is 11.3. The lowest BCUT2D eigenvalue weighted by molar-refractivity contribution is -0.140. The molecular weight excluding hydrogens is 416 g/mol. The maximum absolute atomic E-state index is 11.3. The van der Waals surface area contributed by atoms with E-state index in [2.05, 4.69) is 15.5 Å². The number of aryl methyl sites for hydroxylation is 2. The molecule has 2 N–H and O–H groups in total. The molecule has 0 aliphatic heterocycles. The van der Waals surface area contributed by atoms with E-state index in [9.17, 15) is 4.79 Å². The summed E-state index contributed by atoms with van der Waals surface area (Å²) in [6.45, 7) is 2.73. The highest BCUT2D eigenvalue weighted by molar-refractivity contribution is 5.69. The van der Waals surface area contributed by atoms with Gasteiger partial charge in [0.2, 0.25) is 0 Å². The minimum Gasteiger partial charge on any atom is -0.469 e. The molecule has 0 fully saturated rings. The SMILES string of the molecule is CONC(=COc1ccc(CNc2ccc(CCC(=O)OC)cc2)cc1)c1ccccc1C. The molecule has 3 aromatic rings. The van der Waals surface area contributed by atoms with Crippen molar-refractivity contribution < 1.29 is 19.1 Å². The molecule has 6 nitrogen and oxygen atoms in total. The average molecular weight is 447 g/mol. The number of anilines is 1. The van der Waals surface area contributed by atoms with E-state index in [4.69, 9.17) is 9.57 Å². The quantitative estimate of drug-likeness (QED) is 0.238. The van der Waals surface area contributed by atoms with Crippen molar-refractivity contribution in [2.24, 2.45) is 0 Å². The van der Waals surface area contributed by atoms with Crippen LogP contribution in [0.15, 0.2) is 79.1 Å². The number of ether oxygens (including phenoxy) is 2. The average Bonchev–Trinajstić information content (AvgIpc) is 2.85. The first-order chi connectivity index (χ1) is 16.1. The van der Waals surface area contributed by atoms with Crippen LogP contribution in [0.4, 0.5) is 5.69 Å². The van der Waals surface area contributed by atoms with Crippen LogP contribution in [0.5, 0.6) is 5.75 Å². The second-order valence-electron chi connectivity index (χ2n) is 7.54. The van der Waals surface area contributed by atoms with Crippen molar-refractivity contribution in [1.82, 2.24) is 5.48 Å². The summed E-state index contributed by atoms with van der Waals surface area (Å²) in [4.78, 5) is 16.4. The van der Waals surface area contributed by atoms with Gasteiger partial charge in [0, 0.05) is 24.2 Å². The van der Waals surface area contributed by atoms with Crippen LogP contribution in [-0.2, 0) is 27.3 Å². The Morgan fingerprint density at radius 1 is 0.909 bits per heavy atom. The van der Waals surface area contributed by atoms with Gasteiger partial charge in [-0.1, -0.05) is 48.5 Å². The van der Waals surface area contributed by atoms with Gasteiger partial charge in [-0.2, -0.15) is 0 Å². The summed E-state index contributed by atoms with van der Waals surface area (Å²) >= 11 is 0. The molecule has 0 heterocycles. The topological polar surface area (TPSA) is 68.8 Å². The highest BCUT2D eigenvalue weighted by Gasteiger charge is 2.06. The summed E-state index contributed by atoms with van der Waals surface area (Å²) in [5.41, 5.74) is 9.02. The summed E-state index contributed by atoms with van der Waals surface area (Å²) in [6.07, 6.45) is 2.72. The van der Waals surface area contributed by atoms with Crippen LogP contribution >= 0.6 is 0 Å². The third kappa shape index (κ3) is 7.40. The van der Waals surface area contributed by atoms with Crippen molar-refractivity contribution in [3.8, 4) is 5.75 Å². The fourth-order valence-electron chi connectivity index (χ4n) is 3.28. The molecular formula is C27H30N2O4. The molecule has 0 aromatic heterocycles. The first kappa shape index (κ1) is 23.9. The molecule has 0 spiro atoms.